The standard InChI is InChI=1S/C20H26N4O/c1-14-4-3-11-22-19(14)16-5-2-6-18(12-16)24-17-9-7-15(8-10-17)13-23-20(21)25/h3-4,7-11,16,18,24H,2,5-6,12-13H2,1H3,(H3,21,23,25)/t16-,18-/m1/s1. The van der Waals surface area contributed by atoms with Crippen LogP contribution in [0.1, 0.15) is 48.4 Å². The van der Waals surface area contributed by atoms with Crippen LogP contribution in [0.25, 0.3) is 0 Å². The average Bonchev–Trinajstić information content (AvgIpc) is 2.62. The summed E-state index contributed by atoms with van der Waals surface area (Å²) < 4.78 is 0. The summed E-state index contributed by atoms with van der Waals surface area (Å²) in [5.74, 6) is 0.534. The van der Waals surface area contributed by atoms with Crippen molar-refractivity contribution >= 4 is 11.7 Å². The number of aromatic nitrogens is 1. The molecule has 0 unspecified atom stereocenters. The van der Waals surface area contributed by atoms with E-state index in [0.29, 0.717) is 18.5 Å². The predicted molar refractivity (Wildman–Crippen MR) is 100 cm³/mol. The molecule has 0 saturated heterocycles. The first-order valence-electron chi connectivity index (χ1n) is 8.92. The second-order valence-corrected chi connectivity index (χ2v) is 6.83. The smallest absolute Gasteiger partial charge is 0.312 e. The zero-order chi connectivity index (χ0) is 17.6. The molecule has 25 heavy (non-hydrogen) atoms. The quantitative estimate of drug-likeness (QED) is 0.778. The SMILES string of the molecule is Cc1cccnc1[C@@H]1CCC[C@@H](Nc2ccc(CNC(N)=O)cc2)C1. The van der Waals surface area contributed by atoms with E-state index in [4.69, 9.17) is 5.73 Å². The van der Waals surface area contributed by atoms with Gasteiger partial charge in [0.1, 0.15) is 0 Å². The van der Waals surface area contributed by atoms with Gasteiger partial charge in [-0.1, -0.05) is 24.6 Å². The average molecular weight is 338 g/mol. The Balaban J connectivity index is 1.59. The molecule has 2 atom stereocenters. The molecule has 1 aliphatic carbocycles. The number of pyridine rings is 1. The van der Waals surface area contributed by atoms with E-state index >= 15 is 0 Å². The van der Waals surface area contributed by atoms with E-state index in [9.17, 15) is 4.79 Å². The molecule has 2 amide bonds. The molecule has 1 aliphatic rings. The van der Waals surface area contributed by atoms with Crippen LogP contribution in [0.5, 0.6) is 0 Å². The maximum atomic E-state index is 10.8. The number of nitrogens with two attached hydrogens (primary N) is 1. The fourth-order valence-electron chi connectivity index (χ4n) is 3.64. The van der Waals surface area contributed by atoms with Crippen LogP contribution < -0.4 is 16.4 Å². The fraction of sp³-hybridized carbons (Fsp3) is 0.400. The largest absolute Gasteiger partial charge is 0.382 e. The zero-order valence-corrected chi connectivity index (χ0v) is 14.7. The topological polar surface area (TPSA) is 80.0 Å². The number of carbonyl (C=O) groups is 1. The predicted octanol–water partition coefficient (Wildman–Crippen LogP) is 3.70. The van der Waals surface area contributed by atoms with Gasteiger partial charge in [-0.25, -0.2) is 4.79 Å². The maximum absolute atomic E-state index is 10.8. The summed E-state index contributed by atoms with van der Waals surface area (Å²) in [6.45, 7) is 2.61. The number of primary amides is 1. The van der Waals surface area contributed by atoms with Crippen LogP contribution >= 0.6 is 0 Å². The Bertz CT molecular complexity index is 714. The molecule has 132 valence electrons. The molecular weight excluding hydrogens is 312 g/mol. The minimum atomic E-state index is -0.500. The first-order valence-corrected chi connectivity index (χ1v) is 8.92. The zero-order valence-electron chi connectivity index (χ0n) is 14.7. The lowest BCUT2D eigenvalue weighted by atomic mass is 9.82. The first kappa shape index (κ1) is 17.3. The third-order valence-electron chi connectivity index (χ3n) is 4.90. The molecule has 0 radical (unpaired) electrons. The lowest BCUT2D eigenvalue weighted by Gasteiger charge is -2.31. The molecule has 1 aromatic carbocycles. The summed E-state index contributed by atoms with van der Waals surface area (Å²) in [7, 11) is 0. The summed E-state index contributed by atoms with van der Waals surface area (Å²) >= 11 is 0. The number of benzene rings is 1. The van der Waals surface area contributed by atoms with Crippen molar-refractivity contribution in [2.75, 3.05) is 5.32 Å². The lowest BCUT2D eigenvalue weighted by molar-refractivity contribution is 0.248. The van der Waals surface area contributed by atoms with Gasteiger partial charge in [-0.2, -0.15) is 0 Å². The maximum Gasteiger partial charge on any atom is 0.312 e. The molecule has 0 aliphatic heterocycles. The van der Waals surface area contributed by atoms with Crippen molar-refractivity contribution < 1.29 is 4.79 Å². The molecule has 0 bridgehead atoms. The van der Waals surface area contributed by atoms with Crippen LogP contribution in [0.15, 0.2) is 42.6 Å². The minimum Gasteiger partial charge on any atom is -0.382 e. The van der Waals surface area contributed by atoms with Gasteiger partial charge in [0.05, 0.1) is 0 Å². The Morgan fingerprint density at radius 1 is 1.24 bits per heavy atom. The van der Waals surface area contributed by atoms with Crippen LogP contribution in [0.3, 0.4) is 0 Å². The van der Waals surface area contributed by atoms with Crippen molar-refractivity contribution in [3.63, 3.8) is 0 Å². The highest BCUT2D eigenvalue weighted by molar-refractivity contribution is 5.71. The summed E-state index contributed by atoms with van der Waals surface area (Å²) in [5.41, 5.74) is 9.79. The molecule has 2 aromatic rings. The van der Waals surface area contributed by atoms with Gasteiger partial charge in [-0.3, -0.25) is 4.98 Å². The normalized spacial score (nSPS) is 20.0. The number of hydrogen-bond acceptors (Lipinski definition) is 3. The van der Waals surface area contributed by atoms with Crippen molar-refractivity contribution in [3.8, 4) is 0 Å². The van der Waals surface area contributed by atoms with Crippen LogP contribution in [0, 0.1) is 6.92 Å². The molecule has 3 rings (SSSR count). The van der Waals surface area contributed by atoms with Gasteiger partial charge in [0.15, 0.2) is 0 Å². The molecule has 1 fully saturated rings. The fourth-order valence-corrected chi connectivity index (χ4v) is 3.64. The third-order valence-corrected chi connectivity index (χ3v) is 4.90. The van der Waals surface area contributed by atoms with E-state index in [2.05, 4.69) is 40.7 Å². The molecule has 5 heteroatoms. The van der Waals surface area contributed by atoms with Gasteiger partial charge in [0, 0.05) is 36.1 Å². The third kappa shape index (κ3) is 4.72. The van der Waals surface area contributed by atoms with Gasteiger partial charge in [0.2, 0.25) is 0 Å². The van der Waals surface area contributed by atoms with E-state index < -0.39 is 6.03 Å². The van der Waals surface area contributed by atoms with Crippen molar-refractivity contribution in [1.29, 1.82) is 0 Å². The number of aryl methyl sites for hydroxylation is 1. The number of carbonyl (C=O) groups excluding carboxylic acids is 1. The molecular formula is C20H26N4O. The molecule has 0 spiro atoms. The van der Waals surface area contributed by atoms with E-state index in [1.165, 1.54) is 30.5 Å². The summed E-state index contributed by atoms with van der Waals surface area (Å²) in [6.07, 6.45) is 6.64. The Morgan fingerprint density at radius 3 is 2.76 bits per heavy atom. The van der Waals surface area contributed by atoms with Gasteiger partial charge in [-0.15, -0.1) is 0 Å². The summed E-state index contributed by atoms with van der Waals surface area (Å²) in [4.78, 5) is 15.4. The molecule has 1 heterocycles. The van der Waals surface area contributed by atoms with E-state index in [1.54, 1.807) is 0 Å². The Kier molecular flexibility index (Phi) is 5.53. The van der Waals surface area contributed by atoms with Gasteiger partial charge < -0.3 is 16.4 Å². The van der Waals surface area contributed by atoms with E-state index in [1.807, 2.05) is 24.4 Å². The number of amides is 2. The number of nitrogens with one attached hydrogen (secondary N) is 2. The van der Waals surface area contributed by atoms with Crippen LogP contribution in [0.2, 0.25) is 0 Å². The number of anilines is 1. The van der Waals surface area contributed by atoms with Crippen molar-refractivity contribution in [2.45, 2.75) is 51.1 Å². The molecule has 4 N–H and O–H groups in total. The van der Waals surface area contributed by atoms with Gasteiger partial charge in [0.25, 0.3) is 0 Å². The highest BCUT2D eigenvalue weighted by Gasteiger charge is 2.25. The lowest BCUT2D eigenvalue weighted by Crippen LogP contribution is -2.28. The van der Waals surface area contributed by atoms with Crippen molar-refractivity contribution in [1.82, 2.24) is 10.3 Å². The molecule has 5 nitrogen and oxygen atoms in total. The van der Waals surface area contributed by atoms with E-state index in [0.717, 1.165) is 17.7 Å². The number of rotatable bonds is 5. The summed E-state index contributed by atoms with van der Waals surface area (Å²) in [6, 6.07) is 12.3. The van der Waals surface area contributed by atoms with Gasteiger partial charge in [-0.05, 0) is 55.5 Å². The van der Waals surface area contributed by atoms with Crippen molar-refractivity contribution in [2.24, 2.45) is 5.73 Å². The number of nitrogens with zero attached hydrogens (tertiary/aromatic N) is 1. The number of hydrogen-bond donors (Lipinski definition) is 3. The Morgan fingerprint density at radius 2 is 2.04 bits per heavy atom. The summed E-state index contributed by atoms with van der Waals surface area (Å²) in [5, 5.41) is 6.26. The minimum absolute atomic E-state index is 0.458. The highest BCUT2D eigenvalue weighted by Crippen LogP contribution is 2.34. The Hall–Kier alpha value is -2.56. The van der Waals surface area contributed by atoms with Crippen molar-refractivity contribution in [3.05, 3.63) is 59.4 Å². The second-order valence-electron chi connectivity index (χ2n) is 6.83. The van der Waals surface area contributed by atoms with Crippen LogP contribution in [-0.2, 0) is 6.54 Å². The number of urea groups is 1. The Labute approximate surface area is 149 Å². The molecule has 1 saturated carbocycles. The first-order chi connectivity index (χ1) is 12.1. The highest BCUT2D eigenvalue weighted by atomic mass is 16.2. The molecule has 1 aromatic heterocycles. The van der Waals surface area contributed by atoms with Crippen LogP contribution in [-0.4, -0.2) is 17.1 Å². The second kappa shape index (κ2) is 8.01. The van der Waals surface area contributed by atoms with Crippen LogP contribution in [0.4, 0.5) is 10.5 Å². The van der Waals surface area contributed by atoms with E-state index in [-0.39, 0.29) is 0 Å². The van der Waals surface area contributed by atoms with Gasteiger partial charge >= 0.3 is 6.03 Å². The monoisotopic (exact) mass is 338 g/mol.